The van der Waals surface area contributed by atoms with Gasteiger partial charge in [-0.2, -0.15) is 0 Å². The molecule has 0 saturated carbocycles. The van der Waals surface area contributed by atoms with Gasteiger partial charge < -0.3 is 10.3 Å². The first kappa shape index (κ1) is 19.5. The highest BCUT2D eigenvalue weighted by molar-refractivity contribution is 5.97. The topological polar surface area (TPSA) is 60.4 Å². The first-order valence-electron chi connectivity index (χ1n) is 8.23. The summed E-state index contributed by atoms with van der Waals surface area (Å²) in [6.45, 7) is 3.01. The smallest absolute Gasteiger partial charge is 0.261 e. The maximum atomic E-state index is 12.7. The van der Waals surface area contributed by atoms with Crippen molar-refractivity contribution in [1.29, 1.82) is 0 Å². The van der Waals surface area contributed by atoms with Crippen molar-refractivity contribution in [2.75, 3.05) is 0 Å². The van der Waals surface area contributed by atoms with E-state index in [4.69, 9.17) is 5.73 Å². The Morgan fingerprint density at radius 3 is 2.35 bits per heavy atom. The summed E-state index contributed by atoms with van der Waals surface area (Å²) in [6, 6.07) is 21.5. The quantitative estimate of drug-likeness (QED) is 0.554. The second kappa shape index (κ2) is 9.02. The molecule has 3 aromatic rings. The minimum absolute atomic E-state index is 0. The van der Waals surface area contributed by atoms with E-state index in [0.717, 1.165) is 11.1 Å². The van der Waals surface area contributed by atoms with Crippen molar-refractivity contribution in [2.45, 2.75) is 20.0 Å². The van der Waals surface area contributed by atoms with Crippen LogP contribution in [0.3, 0.4) is 0 Å². The van der Waals surface area contributed by atoms with Crippen LogP contribution in [-0.2, 0) is 13.1 Å². The largest absolute Gasteiger partial charge is 0.383 e. The van der Waals surface area contributed by atoms with Crippen molar-refractivity contribution in [1.82, 2.24) is 4.57 Å². The van der Waals surface area contributed by atoms with Crippen molar-refractivity contribution in [3.63, 3.8) is 0 Å². The molecule has 1 heterocycles. The Balaban J connectivity index is 0.00000243. The Morgan fingerprint density at radius 1 is 0.962 bits per heavy atom. The van der Waals surface area contributed by atoms with E-state index in [1.54, 1.807) is 16.8 Å². The van der Waals surface area contributed by atoms with Crippen LogP contribution in [0.4, 0.5) is 0 Å². The van der Waals surface area contributed by atoms with Gasteiger partial charge in [-0.05, 0) is 30.2 Å². The molecule has 2 N–H and O–H groups in total. The molecular weight excluding hydrogens is 346 g/mol. The summed E-state index contributed by atoms with van der Waals surface area (Å²) >= 11 is 0. The number of rotatable bonds is 5. The van der Waals surface area contributed by atoms with E-state index in [0.29, 0.717) is 18.7 Å². The van der Waals surface area contributed by atoms with Crippen molar-refractivity contribution < 1.29 is 0 Å². The highest BCUT2D eigenvalue weighted by Crippen LogP contribution is 2.05. The van der Waals surface area contributed by atoms with Gasteiger partial charge in [-0.15, -0.1) is 12.4 Å². The van der Waals surface area contributed by atoms with Gasteiger partial charge in [-0.25, -0.2) is 0 Å². The fraction of sp³-hybridized carbons (Fsp3) is 0.143. The summed E-state index contributed by atoms with van der Waals surface area (Å²) < 4.78 is 1.65. The molecule has 0 atom stereocenters. The van der Waals surface area contributed by atoms with Crippen LogP contribution in [0.1, 0.15) is 22.3 Å². The number of aliphatic imine (C=N–C) groups is 1. The monoisotopic (exact) mass is 367 g/mol. The van der Waals surface area contributed by atoms with Gasteiger partial charge in [-0.1, -0.05) is 60.2 Å². The molecule has 0 radical (unpaired) electrons. The molecule has 0 fully saturated rings. The zero-order chi connectivity index (χ0) is 17.6. The molecule has 26 heavy (non-hydrogen) atoms. The molecule has 0 bridgehead atoms. The number of aromatic nitrogens is 1. The first-order valence-corrected chi connectivity index (χ1v) is 8.23. The zero-order valence-electron chi connectivity index (χ0n) is 14.6. The molecule has 5 heteroatoms. The Bertz CT molecular complexity index is 931. The highest BCUT2D eigenvalue weighted by Gasteiger charge is 2.07. The predicted molar refractivity (Wildman–Crippen MR) is 109 cm³/mol. The van der Waals surface area contributed by atoms with Crippen molar-refractivity contribution in [3.8, 4) is 0 Å². The molecule has 3 rings (SSSR count). The zero-order valence-corrected chi connectivity index (χ0v) is 15.4. The van der Waals surface area contributed by atoms with Crippen LogP contribution >= 0.6 is 12.4 Å². The number of nitrogens with two attached hydrogens (primary N) is 1. The Labute approximate surface area is 159 Å². The number of pyridine rings is 1. The molecule has 4 nitrogen and oxygen atoms in total. The number of benzene rings is 2. The fourth-order valence-electron chi connectivity index (χ4n) is 2.59. The summed E-state index contributed by atoms with van der Waals surface area (Å²) in [7, 11) is 0. The van der Waals surface area contributed by atoms with Crippen LogP contribution in [0.15, 0.2) is 82.7 Å². The number of hydrogen-bond donors (Lipinski definition) is 1. The third-order valence-corrected chi connectivity index (χ3v) is 4.04. The van der Waals surface area contributed by atoms with Crippen LogP contribution in [0.5, 0.6) is 0 Å². The molecule has 0 spiro atoms. The number of nitrogens with zero attached hydrogens (tertiary/aromatic N) is 2. The van der Waals surface area contributed by atoms with Gasteiger partial charge in [0.1, 0.15) is 5.84 Å². The third kappa shape index (κ3) is 4.83. The van der Waals surface area contributed by atoms with Crippen molar-refractivity contribution in [2.24, 2.45) is 10.7 Å². The Hall–Kier alpha value is -2.85. The van der Waals surface area contributed by atoms with Gasteiger partial charge in [0.25, 0.3) is 5.56 Å². The number of halogens is 1. The lowest BCUT2D eigenvalue weighted by molar-refractivity contribution is 0.757. The molecule has 0 aliphatic rings. The molecule has 0 unspecified atom stereocenters. The van der Waals surface area contributed by atoms with Crippen molar-refractivity contribution >= 4 is 18.2 Å². The summed E-state index contributed by atoms with van der Waals surface area (Å²) in [5.74, 6) is 0.271. The van der Waals surface area contributed by atoms with E-state index in [1.165, 1.54) is 5.56 Å². The van der Waals surface area contributed by atoms with Gasteiger partial charge in [0, 0.05) is 6.20 Å². The second-order valence-corrected chi connectivity index (χ2v) is 6.03. The lowest BCUT2D eigenvalue weighted by Crippen LogP contribution is -2.30. The van der Waals surface area contributed by atoms with Crippen LogP contribution in [0.2, 0.25) is 0 Å². The predicted octanol–water partition coefficient (Wildman–Crippen LogP) is 3.53. The summed E-state index contributed by atoms with van der Waals surface area (Å²) in [4.78, 5) is 17.1. The maximum absolute atomic E-state index is 12.7. The number of hydrogen-bond acceptors (Lipinski definition) is 2. The molecule has 1 aromatic heterocycles. The minimum Gasteiger partial charge on any atom is -0.383 e. The van der Waals surface area contributed by atoms with Gasteiger partial charge in [0.2, 0.25) is 0 Å². The number of aryl methyl sites for hydroxylation is 1. The molecule has 0 aliphatic carbocycles. The average Bonchev–Trinajstić information content (AvgIpc) is 2.63. The van der Waals surface area contributed by atoms with Crippen LogP contribution in [-0.4, -0.2) is 10.4 Å². The van der Waals surface area contributed by atoms with E-state index >= 15 is 0 Å². The normalized spacial score (nSPS) is 11.0. The SMILES string of the molecule is Cc1ccc(CN=C(N)c2cccn(Cc3ccccc3)c2=O)cc1.Cl. The molecule has 0 amide bonds. The van der Waals surface area contributed by atoms with Gasteiger partial charge >= 0.3 is 0 Å². The Morgan fingerprint density at radius 2 is 1.65 bits per heavy atom. The van der Waals surface area contributed by atoms with E-state index in [-0.39, 0.29) is 23.8 Å². The van der Waals surface area contributed by atoms with Crippen LogP contribution in [0, 0.1) is 6.92 Å². The summed E-state index contributed by atoms with van der Waals surface area (Å²) in [5.41, 5.74) is 9.71. The molecular formula is C21H22ClN3O. The van der Waals surface area contributed by atoms with Gasteiger partial charge in [-0.3, -0.25) is 9.79 Å². The van der Waals surface area contributed by atoms with Gasteiger partial charge in [0.15, 0.2) is 0 Å². The van der Waals surface area contributed by atoms with Gasteiger partial charge in [0.05, 0.1) is 18.7 Å². The van der Waals surface area contributed by atoms with Crippen LogP contribution in [0.25, 0.3) is 0 Å². The maximum Gasteiger partial charge on any atom is 0.261 e. The molecule has 0 aliphatic heterocycles. The summed E-state index contributed by atoms with van der Waals surface area (Å²) in [5, 5.41) is 0. The Kier molecular flexibility index (Phi) is 6.75. The standard InChI is InChI=1S/C21H21N3O.ClH/c1-16-9-11-17(12-10-16)14-23-20(22)19-8-5-13-24(21(19)25)15-18-6-3-2-4-7-18;/h2-13H,14-15H2,1H3,(H2,22,23);1H. The van der Waals surface area contributed by atoms with Crippen molar-refractivity contribution in [3.05, 3.63) is 106 Å². The van der Waals surface area contributed by atoms with E-state index in [1.807, 2.05) is 67.6 Å². The minimum atomic E-state index is -0.128. The fourth-order valence-corrected chi connectivity index (χ4v) is 2.59. The van der Waals surface area contributed by atoms with E-state index in [9.17, 15) is 4.79 Å². The lowest BCUT2D eigenvalue weighted by Gasteiger charge is -2.08. The second-order valence-electron chi connectivity index (χ2n) is 6.03. The molecule has 2 aromatic carbocycles. The first-order chi connectivity index (χ1) is 12.1. The summed E-state index contributed by atoms with van der Waals surface area (Å²) in [6.07, 6.45) is 1.77. The molecule has 134 valence electrons. The third-order valence-electron chi connectivity index (χ3n) is 4.04. The van der Waals surface area contributed by atoms with E-state index < -0.39 is 0 Å². The highest BCUT2D eigenvalue weighted by atomic mass is 35.5. The number of amidine groups is 1. The molecule has 0 saturated heterocycles. The lowest BCUT2D eigenvalue weighted by atomic mass is 10.1. The van der Waals surface area contributed by atoms with Crippen LogP contribution < -0.4 is 11.3 Å². The average molecular weight is 368 g/mol. The van der Waals surface area contributed by atoms with E-state index in [2.05, 4.69) is 4.99 Å².